The third-order valence-corrected chi connectivity index (χ3v) is 3.62. The summed E-state index contributed by atoms with van der Waals surface area (Å²) in [6, 6.07) is 3.63. The third kappa shape index (κ3) is 3.48. The lowest BCUT2D eigenvalue weighted by Gasteiger charge is -2.32. The van der Waals surface area contributed by atoms with Gasteiger partial charge in [0.2, 0.25) is 11.8 Å². The minimum Gasteiger partial charge on any atom is -0.473 e. The lowest BCUT2D eigenvalue weighted by molar-refractivity contribution is -0.126. The monoisotopic (exact) mass is 277 g/mol. The number of ether oxygens (including phenoxy) is 1. The normalized spacial score (nSPS) is 17.8. The first kappa shape index (κ1) is 14.8. The summed E-state index contributed by atoms with van der Waals surface area (Å²) in [7, 11) is 0. The van der Waals surface area contributed by atoms with E-state index in [2.05, 4.69) is 15.6 Å². The quantitative estimate of drug-likeness (QED) is 0.885. The summed E-state index contributed by atoms with van der Waals surface area (Å²) >= 11 is 0. The predicted molar refractivity (Wildman–Crippen MR) is 78.8 cm³/mol. The number of aromatic nitrogens is 1. The zero-order chi connectivity index (χ0) is 14.6. The van der Waals surface area contributed by atoms with Gasteiger partial charge in [-0.25, -0.2) is 4.98 Å². The van der Waals surface area contributed by atoms with Crippen molar-refractivity contribution in [2.24, 2.45) is 5.41 Å². The van der Waals surface area contributed by atoms with Crippen LogP contribution in [0.5, 0.6) is 5.88 Å². The van der Waals surface area contributed by atoms with Gasteiger partial charge < -0.3 is 15.4 Å². The minimum absolute atomic E-state index is 0.0232. The number of piperidine rings is 1. The number of anilines is 1. The van der Waals surface area contributed by atoms with Crippen LogP contribution in [0.1, 0.15) is 33.6 Å². The van der Waals surface area contributed by atoms with Crippen LogP contribution in [0.4, 0.5) is 5.69 Å². The van der Waals surface area contributed by atoms with Crippen LogP contribution in [0, 0.1) is 5.41 Å². The maximum absolute atomic E-state index is 12.5. The molecule has 0 spiro atoms. The molecular formula is C15H23N3O2. The van der Waals surface area contributed by atoms with Gasteiger partial charge in [-0.2, -0.15) is 0 Å². The summed E-state index contributed by atoms with van der Waals surface area (Å²) < 4.78 is 5.63. The molecule has 2 heterocycles. The van der Waals surface area contributed by atoms with E-state index >= 15 is 0 Å². The van der Waals surface area contributed by atoms with Gasteiger partial charge in [0.15, 0.2) is 0 Å². The zero-order valence-electron chi connectivity index (χ0n) is 12.4. The number of pyridine rings is 1. The molecule has 1 saturated heterocycles. The highest BCUT2D eigenvalue weighted by Crippen LogP contribution is 2.31. The number of nitrogens with zero attached hydrogens (tertiary/aromatic N) is 1. The summed E-state index contributed by atoms with van der Waals surface area (Å²) in [5.74, 6) is 0.522. The van der Waals surface area contributed by atoms with E-state index in [0.29, 0.717) is 11.6 Å². The molecule has 5 heteroatoms. The van der Waals surface area contributed by atoms with Gasteiger partial charge in [-0.3, -0.25) is 4.79 Å². The van der Waals surface area contributed by atoms with E-state index in [9.17, 15) is 4.79 Å². The molecule has 110 valence electrons. The second-order valence-corrected chi connectivity index (χ2v) is 5.79. The first-order chi connectivity index (χ1) is 9.51. The average Bonchev–Trinajstić information content (AvgIpc) is 2.41. The first-order valence-electron chi connectivity index (χ1n) is 7.15. The Balaban J connectivity index is 2.11. The smallest absolute Gasteiger partial charge is 0.238 e. The van der Waals surface area contributed by atoms with Gasteiger partial charge in [0.25, 0.3) is 0 Å². The Kier molecular flexibility index (Phi) is 4.60. The number of hydrogen-bond donors (Lipinski definition) is 2. The molecule has 1 aromatic heterocycles. The number of amides is 1. The van der Waals surface area contributed by atoms with Crippen molar-refractivity contribution in [3.63, 3.8) is 0 Å². The maximum Gasteiger partial charge on any atom is 0.238 e. The average molecular weight is 277 g/mol. The Hall–Kier alpha value is -1.62. The van der Waals surface area contributed by atoms with Gasteiger partial charge in [0.05, 0.1) is 6.10 Å². The van der Waals surface area contributed by atoms with Crippen molar-refractivity contribution in [3.05, 3.63) is 18.3 Å². The van der Waals surface area contributed by atoms with Crippen molar-refractivity contribution in [2.75, 3.05) is 18.4 Å². The van der Waals surface area contributed by atoms with Crippen LogP contribution in [0.15, 0.2) is 18.3 Å². The molecule has 5 nitrogen and oxygen atoms in total. The molecule has 0 radical (unpaired) electrons. The van der Waals surface area contributed by atoms with Crippen LogP contribution < -0.4 is 15.4 Å². The minimum atomic E-state index is -0.323. The summed E-state index contributed by atoms with van der Waals surface area (Å²) in [6.45, 7) is 7.66. The second kappa shape index (κ2) is 6.22. The summed E-state index contributed by atoms with van der Waals surface area (Å²) in [5.41, 5.74) is 0.321. The van der Waals surface area contributed by atoms with Gasteiger partial charge in [-0.15, -0.1) is 0 Å². The lowest BCUT2D eigenvalue weighted by atomic mass is 9.80. The van der Waals surface area contributed by atoms with E-state index in [1.54, 1.807) is 12.3 Å². The van der Waals surface area contributed by atoms with Crippen LogP contribution in [0.3, 0.4) is 0 Å². The highest BCUT2D eigenvalue weighted by atomic mass is 16.5. The molecule has 2 rings (SSSR count). The summed E-state index contributed by atoms with van der Waals surface area (Å²) in [5, 5.41) is 6.25. The van der Waals surface area contributed by atoms with Crippen LogP contribution in [-0.4, -0.2) is 30.1 Å². The molecule has 0 aromatic carbocycles. The molecule has 1 amide bonds. The maximum atomic E-state index is 12.5. The van der Waals surface area contributed by atoms with Gasteiger partial charge in [0, 0.05) is 11.6 Å². The van der Waals surface area contributed by atoms with Crippen LogP contribution >= 0.6 is 0 Å². The van der Waals surface area contributed by atoms with Crippen LogP contribution in [0.2, 0.25) is 0 Å². The molecule has 0 aliphatic carbocycles. The lowest BCUT2D eigenvalue weighted by Crippen LogP contribution is -2.42. The van der Waals surface area contributed by atoms with E-state index in [1.807, 2.05) is 26.8 Å². The Morgan fingerprint density at radius 1 is 1.45 bits per heavy atom. The number of carbonyl (C=O) groups excluding carboxylic acids is 1. The molecule has 2 N–H and O–H groups in total. The number of nitrogens with one attached hydrogen (secondary N) is 2. The van der Waals surface area contributed by atoms with E-state index in [-0.39, 0.29) is 17.4 Å². The van der Waals surface area contributed by atoms with Crippen molar-refractivity contribution in [1.29, 1.82) is 0 Å². The molecule has 20 heavy (non-hydrogen) atoms. The molecule has 1 aliphatic rings. The fourth-order valence-corrected chi connectivity index (χ4v) is 2.28. The molecular weight excluding hydrogens is 254 g/mol. The SMILES string of the molecule is CC(C)Oc1ncccc1NC(=O)C1(C)CCNCC1. The molecule has 0 atom stereocenters. The van der Waals surface area contributed by atoms with Gasteiger partial charge >= 0.3 is 0 Å². The van der Waals surface area contributed by atoms with Gasteiger partial charge in [0.1, 0.15) is 5.69 Å². The Morgan fingerprint density at radius 2 is 2.15 bits per heavy atom. The Morgan fingerprint density at radius 3 is 2.80 bits per heavy atom. The Bertz CT molecular complexity index is 468. The zero-order valence-corrected chi connectivity index (χ0v) is 12.4. The number of carbonyl (C=O) groups is 1. The molecule has 1 fully saturated rings. The summed E-state index contributed by atoms with van der Waals surface area (Å²) in [4.78, 5) is 16.7. The highest BCUT2D eigenvalue weighted by molar-refractivity contribution is 5.96. The van der Waals surface area contributed by atoms with E-state index in [1.165, 1.54) is 0 Å². The summed E-state index contributed by atoms with van der Waals surface area (Å²) in [6.07, 6.45) is 3.38. The number of rotatable bonds is 4. The predicted octanol–water partition coefficient (Wildman–Crippen LogP) is 2.20. The van der Waals surface area contributed by atoms with Crippen molar-refractivity contribution < 1.29 is 9.53 Å². The van der Waals surface area contributed by atoms with Crippen molar-refractivity contribution in [2.45, 2.75) is 39.7 Å². The standard InChI is InChI=1S/C15H23N3O2/c1-11(2)20-13-12(5-4-8-17-13)18-14(19)15(3)6-9-16-10-7-15/h4-5,8,11,16H,6-7,9-10H2,1-3H3,(H,18,19). The molecule has 1 aliphatic heterocycles. The fraction of sp³-hybridized carbons (Fsp3) is 0.600. The molecule has 1 aromatic rings. The van der Waals surface area contributed by atoms with Crippen LogP contribution in [0.25, 0.3) is 0 Å². The first-order valence-corrected chi connectivity index (χ1v) is 7.15. The van der Waals surface area contributed by atoms with Crippen LogP contribution in [-0.2, 0) is 4.79 Å². The van der Waals surface area contributed by atoms with Gasteiger partial charge in [-0.05, 0) is 51.9 Å². The van der Waals surface area contributed by atoms with E-state index < -0.39 is 0 Å². The van der Waals surface area contributed by atoms with Crippen molar-refractivity contribution in [3.8, 4) is 5.88 Å². The Labute approximate surface area is 120 Å². The largest absolute Gasteiger partial charge is 0.473 e. The molecule has 0 unspecified atom stereocenters. The highest BCUT2D eigenvalue weighted by Gasteiger charge is 2.34. The van der Waals surface area contributed by atoms with E-state index in [4.69, 9.17) is 4.74 Å². The fourth-order valence-electron chi connectivity index (χ4n) is 2.28. The molecule has 0 saturated carbocycles. The van der Waals surface area contributed by atoms with Crippen molar-refractivity contribution >= 4 is 11.6 Å². The molecule has 0 bridgehead atoms. The van der Waals surface area contributed by atoms with Crippen molar-refractivity contribution in [1.82, 2.24) is 10.3 Å². The topological polar surface area (TPSA) is 63.2 Å². The van der Waals surface area contributed by atoms with Gasteiger partial charge in [-0.1, -0.05) is 6.92 Å². The third-order valence-electron chi connectivity index (χ3n) is 3.62. The second-order valence-electron chi connectivity index (χ2n) is 5.79. The number of hydrogen-bond acceptors (Lipinski definition) is 4. The van der Waals surface area contributed by atoms with E-state index in [0.717, 1.165) is 25.9 Å².